The molecule has 0 saturated heterocycles. The number of benzene rings is 1. The molecule has 0 spiro atoms. The van der Waals surface area contributed by atoms with E-state index in [2.05, 4.69) is 32.7 Å². The molecule has 2 heterocycles. The Kier molecular flexibility index (Phi) is 2.40. The van der Waals surface area contributed by atoms with Gasteiger partial charge in [-0.2, -0.15) is 5.10 Å². The molecule has 0 radical (unpaired) electrons. The smallest absolute Gasteiger partial charge is 0.159 e. The van der Waals surface area contributed by atoms with E-state index in [-0.39, 0.29) is 0 Å². The van der Waals surface area contributed by atoms with Gasteiger partial charge in [0.25, 0.3) is 0 Å². The Hall–Kier alpha value is -2.10. The van der Waals surface area contributed by atoms with Crippen molar-refractivity contribution < 1.29 is 0 Å². The van der Waals surface area contributed by atoms with Crippen LogP contribution in [0.4, 0.5) is 0 Å². The van der Waals surface area contributed by atoms with E-state index < -0.39 is 0 Å². The summed E-state index contributed by atoms with van der Waals surface area (Å²) in [5, 5.41) is 6.97. The van der Waals surface area contributed by atoms with Crippen molar-refractivity contribution in [3.8, 4) is 11.5 Å². The van der Waals surface area contributed by atoms with Crippen molar-refractivity contribution in [1.82, 2.24) is 19.7 Å². The van der Waals surface area contributed by atoms with E-state index in [0.29, 0.717) is 0 Å². The van der Waals surface area contributed by atoms with Crippen LogP contribution in [0.5, 0.6) is 0 Å². The average molecular weight is 226 g/mol. The van der Waals surface area contributed by atoms with Gasteiger partial charge in [0.1, 0.15) is 5.69 Å². The van der Waals surface area contributed by atoms with E-state index in [9.17, 15) is 0 Å². The lowest BCUT2D eigenvalue weighted by Gasteiger charge is -2.05. The molecule has 1 N–H and O–H groups in total. The highest BCUT2D eigenvalue weighted by Gasteiger charge is 2.12. The molecule has 0 unspecified atom stereocenters. The quantitative estimate of drug-likeness (QED) is 0.746. The first-order chi connectivity index (χ1) is 8.40. The van der Waals surface area contributed by atoms with Crippen LogP contribution in [-0.4, -0.2) is 19.7 Å². The molecule has 2 aromatic heterocycles. The fourth-order valence-corrected chi connectivity index (χ4v) is 2.11. The Morgan fingerprint density at radius 2 is 2.12 bits per heavy atom. The average Bonchev–Trinajstić information content (AvgIpc) is 2.97. The maximum Gasteiger partial charge on any atom is 0.159 e. The molecule has 3 aromatic rings. The minimum Gasteiger partial charge on any atom is -0.323 e. The first-order valence-corrected chi connectivity index (χ1v) is 5.85. The largest absolute Gasteiger partial charge is 0.323 e. The minimum atomic E-state index is 0.963. The molecular weight excluding hydrogens is 212 g/mol. The summed E-state index contributed by atoms with van der Waals surface area (Å²) >= 11 is 0. The summed E-state index contributed by atoms with van der Waals surface area (Å²) < 4.78 is 2.24. The Labute approximate surface area is 99.3 Å². The van der Waals surface area contributed by atoms with E-state index in [1.54, 1.807) is 6.20 Å². The number of aryl methyl sites for hydroxylation is 1. The van der Waals surface area contributed by atoms with E-state index in [0.717, 1.165) is 30.0 Å². The number of fused-ring (bicyclic) bond motifs is 1. The number of hydrogen-bond donors (Lipinski definition) is 1. The van der Waals surface area contributed by atoms with Gasteiger partial charge in [0.15, 0.2) is 5.82 Å². The van der Waals surface area contributed by atoms with Gasteiger partial charge in [0, 0.05) is 12.7 Å². The number of aromatic amines is 1. The molecule has 4 heteroatoms. The summed E-state index contributed by atoms with van der Waals surface area (Å²) in [6, 6.07) is 10.2. The number of imidazole rings is 1. The first kappa shape index (κ1) is 10.1. The Balaban J connectivity index is 2.26. The Morgan fingerprint density at radius 1 is 1.24 bits per heavy atom. The molecule has 0 aliphatic heterocycles. The van der Waals surface area contributed by atoms with Gasteiger partial charge in [-0.3, -0.25) is 5.10 Å². The third-order valence-electron chi connectivity index (χ3n) is 2.84. The summed E-state index contributed by atoms with van der Waals surface area (Å²) in [4.78, 5) is 4.67. The fourth-order valence-electron chi connectivity index (χ4n) is 2.11. The first-order valence-electron chi connectivity index (χ1n) is 5.85. The van der Waals surface area contributed by atoms with Gasteiger partial charge >= 0.3 is 0 Å². The molecule has 17 heavy (non-hydrogen) atoms. The van der Waals surface area contributed by atoms with Crippen molar-refractivity contribution in [2.45, 2.75) is 19.9 Å². The molecule has 3 rings (SSSR count). The maximum atomic E-state index is 4.67. The van der Waals surface area contributed by atoms with Crippen molar-refractivity contribution in [2.75, 3.05) is 0 Å². The molecule has 0 amide bonds. The van der Waals surface area contributed by atoms with Crippen molar-refractivity contribution >= 4 is 11.0 Å². The third-order valence-corrected chi connectivity index (χ3v) is 2.84. The lowest BCUT2D eigenvalue weighted by molar-refractivity contribution is 0.702. The van der Waals surface area contributed by atoms with E-state index in [1.165, 1.54) is 5.52 Å². The maximum absolute atomic E-state index is 4.67. The second-order valence-electron chi connectivity index (χ2n) is 4.05. The molecule has 0 fully saturated rings. The number of para-hydroxylation sites is 2. The van der Waals surface area contributed by atoms with E-state index in [4.69, 9.17) is 0 Å². The summed E-state index contributed by atoms with van der Waals surface area (Å²) in [5.41, 5.74) is 3.18. The van der Waals surface area contributed by atoms with Gasteiger partial charge in [-0.25, -0.2) is 4.98 Å². The third kappa shape index (κ3) is 1.62. The predicted octanol–water partition coefficient (Wildman–Crippen LogP) is 2.84. The van der Waals surface area contributed by atoms with Gasteiger partial charge in [0.05, 0.1) is 11.0 Å². The molecule has 4 nitrogen and oxygen atoms in total. The topological polar surface area (TPSA) is 46.5 Å². The zero-order chi connectivity index (χ0) is 11.7. The van der Waals surface area contributed by atoms with Crippen molar-refractivity contribution in [2.24, 2.45) is 0 Å². The van der Waals surface area contributed by atoms with Gasteiger partial charge in [-0.1, -0.05) is 19.1 Å². The van der Waals surface area contributed by atoms with Crippen LogP contribution in [0.3, 0.4) is 0 Å². The zero-order valence-corrected chi connectivity index (χ0v) is 9.72. The summed E-state index contributed by atoms with van der Waals surface area (Å²) in [5.74, 6) is 0.963. The van der Waals surface area contributed by atoms with Crippen molar-refractivity contribution in [1.29, 1.82) is 0 Å². The number of aromatic nitrogens is 4. The molecule has 0 aliphatic rings. The van der Waals surface area contributed by atoms with Gasteiger partial charge < -0.3 is 4.57 Å². The standard InChI is InChI=1S/C13H14N4/c1-2-9-17-12-6-4-3-5-10(12)15-13(17)11-7-8-14-16-11/h3-8H,2,9H2,1H3,(H,14,16). The molecule has 0 atom stereocenters. The number of rotatable bonds is 3. The van der Waals surface area contributed by atoms with Gasteiger partial charge in [-0.05, 0) is 24.6 Å². The minimum absolute atomic E-state index is 0.963. The monoisotopic (exact) mass is 226 g/mol. The van der Waals surface area contributed by atoms with Crippen LogP contribution >= 0.6 is 0 Å². The highest BCUT2D eigenvalue weighted by atomic mass is 15.2. The summed E-state index contributed by atoms with van der Waals surface area (Å²) in [6.45, 7) is 3.14. The number of nitrogens with zero attached hydrogens (tertiary/aromatic N) is 3. The predicted molar refractivity (Wildman–Crippen MR) is 67.6 cm³/mol. The molecule has 0 saturated carbocycles. The van der Waals surface area contributed by atoms with Crippen molar-refractivity contribution in [3.05, 3.63) is 36.5 Å². The van der Waals surface area contributed by atoms with Crippen LogP contribution in [0.15, 0.2) is 36.5 Å². The number of nitrogens with one attached hydrogen (secondary N) is 1. The van der Waals surface area contributed by atoms with Crippen LogP contribution in [0.2, 0.25) is 0 Å². The second kappa shape index (κ2) is 4.05. The highest BCUT2D eigenvalue weighted by Crippen LogP contribution is 2.23. The summed E-state index contributed by atoms with van der Waals surface area (Å²) in [7, 11) is 0. The SMILES string of the molecule is CCCn1c(-c2ccn[nH]2)nc2ccccc21. The van der Waals surface area contributed by atoms with Gasteiger partial charge in [-0.15, -0.1) is 0 Å². The fraction of sp³-hybridized carbons (Fsp3) is 0.231. The van der Waals surface area contributed by atoms with E-state index >= 15 is 0 Å². The Morgan fingerprint density at radius 3 is 2.88 bits per heavy atom. The number of hydrogen-bond acceptors (Lipinski definition) is 2. The van der Waals surface area contributed by atoms with Crippen LogP contribution in [0.1, 0.15) is 13.3 Å². The molecule has 0 bridgehead atoms. The molecule has 1 aromatic carbocycles. The van der Waals surface area contributed by atoms with Crippen LogP contribution in [0.25, 0.3) is 22.6 Å². The molecule has 0 aliphatic carbocycles. The van der Waals surface area contributed by atoms with Crippen LogP contribution in [-0.2, 0) is 6.54 Å². The van der Waals surface area contributed by atoms with Crippen LogP contribution in [0, 0.1) is 0 Å². The Bertz CT molecular complexity index is 622. The lowest BCUT2D eigenvalue weighted by Crippen LogP contribution is -1.99. The zero-order valence-electron chi connectivity index (χ0n) is 9.72. The van der Waals surface area contributed by atoms with Crippen molar-refractivity contribution in [3.63, 3.8) is 0 Å². The molecule has 86 valence electrons. The van der Waals surface area contributed by atoms with Crippen LogP contribution < -0.4 is 0 Å². The second-order valence-corrected chi connectivity index (χ2v) is 4.05. The van der Waals surface area contributed by atoms with Gasteiger partial charge in [0.2, 0.25) is 0 Å². The summed E-state index contributed by atoms with van der Waals surface area (Å²) in [6.07, 6.45) is 2.84. The highest BCUT2D eigenvalue weighted by molar-refractivity contribution is 5.79. The van der Waals surface area contributed by atoms with E-state index in [1.807, 2.05) is 24.3 Å². The normalized spacial score (nSPS) is 11.1. The lowest BCUT2D eigenvalue weighted by atomic mass is 10.3. The number of H-pyrrole nitrogens is 1. The molecular formula is C13H14N4.